The fourth-order valence-corrected chi connectivity index (χ4v) is 8.74. The molecule has 0 radical (unpaired) electrons. The normalized spacial score (nSPS) is 18.9. The predicted molar refractivity (Wildman–Crippen MR) is 196 cm³/mol. The van der Waals surface area contributed by atoms with Gasteiger partial charge in [0.2, 0.25) is 21.9 Å². The highest BCUT2D eigenvalue weighted by atomic mass is 79.9. The van der Waals surface area contributed by atoms with Crippen molar-refractivity contribution in [1.82, 2.24) is 29.4 Å². The summed E-state index contributed by atoms with van der Waals surface area (Å²) in [6.45, 7) is 7.12. The van der Waals surface area contributed by atoms with Crippen LogP contribution in [0.25, 0.3) is 0 Å². The van der Waals surface area contributed by atoms with Crippen molar-refractivity contribution >= 4 is 55.2 Å². The van der Waals surface area contributed by atoms with Gasteiger partial charge in [-0.2, -0.15) is 4.98 Å². The first-order valence-corrected chi connectivity index (χ1v) is 20.3. The number of piperidine rings is 1. The Labute approximate surface area is 303 Å². The van der Waals surface area contributed by atoms with Gasteiger partial charge in [-0.05, 0) is 72.8 Å². The third kappa shape index (κ3) is 11.3. The summed E-state index contributed by atoms with van der Waals surface area (Å²) in [4.78, 5) is 38.0. The minimum atomic E-state index is -3.53. The quantitative estimate of drug-likeness (QED) is 0.196. The van der Waals surface area contributed by atoms with Crippen LogP contribution in [-0.2, 0) is 14.8 Å². The van der Waals surface area contributed by atoms with E-state index < -0.39 is 21.7 Å². The van der Waals surface area contributed by atoms with Gasteiger partial charge in [-0.25, -0.2) is 22.1 Å². The van der Waals surface area contributed by atoms with Crippen LogP contribution >= 0.6 is 15.9 Å². The lowest BCUT2D eigenvalue weighted by Gasteiger charge is -2.35. The Kier molecular flexibility index (Phi) is 14.2. The summed E-state index contributed by atoms with van der Waals surface area (Å²) in [5, 5.41) is 8.97. The summed E-state index contributed by atoms with van der Waals surface area (Å²) in [5.74, 6) is -0.392. The molecule has 1 aliphatic carbocycles. The number of halogens is 2. The van der Waals surface area contributed by atoms with E-state index in [2.05, 4.69) is 51.6 Å². The van der Waals surface area contributed by atoms with E-state index in [1.54, 1.807) is 0 Å². The van der Waals surface area contributed by atoms with Crippen molar-refractivity contribution in [3.8, 4) is 0 Å². The summed E-state index contributed by atoms with van der Waals surface area (Å²) in [6.07, 6.45) is 12.1. The van der Waals surface area contributed by atoms with Crippen LogP contribution in [0, 0.1) is 11.7 Å². The lowest BCUT2D eigenvalue weighted by molar-refractivity contribution is -0.121. The Morgan fingerprint density at radius 3 is 2.38 bits per heavy atom. The number of carbonyl (C=O) groups excluding carboxylic acids is 2. The molecule has 16 heteroatoms. The van der Waals surface area contributed by atoms with Crippen molar-refractivity contribution in [2.45, 2.75) is 70.3 Å². The van der Waals surface area contributed by atoms with Crippen LogP contribution in [0.4, 0.5) is 21.8 Å². The van der Waals surface area contributed by atoms with E-state index in [1.807, 2.05) is 0 Å². The Morgan fingerprint density at radius 2 is 1.68 bits per heavy atom. The van der Waals surface area contributed by atoms with Crippen LogP contribution < -0.4 is 21.7 Å². The van der Waals surface area contributed by atoms with Gasteiger partial charge < -0.3 is 31.5 Å². The van der Waals surface area contributed by atoms with Crippen molar-refractivity contribution in [3.05, 3.63) is 40.2 Å². The van der Waals surface area contributed by atoms with Gasteiger partial charge in [-0.1, -0.05) is 38.2 Å². The molecule has 2 aromatic rings. The number of nitrogens with one attached hydrogen (secondary N) is 3. The number of amides is 2. The minimum absolute atomic E-state index is 0.0740. The average Bonchev–Trinajstić information content (AvgIpc) is 3.10. The molecule has 5 rings (SSSR count). The highest BCUT2D eigenvalue weighted by Gasteiger charge is 2.28. The number of aromatic nitrogens is 2. The zero-order valence-corrected chi connectivity index (χ0v) is 31.1. The summed E-state index contributed by atoms with van der Waals surface area (Å²) in [6, 6.07) is 4.05. The molecular formula is C34H51BrFN9O4S. The molecule has 2 aliphatic heterocycles. The summed E-state index contributed by atoms with van der Waals surface area (Å²) < 4.78 is 42.2. The van der Waals surface area contributed by atoms with Gasteiger partial charge in [-0.3, -0.25) is 9.59 Å². The molecule has 13 nitrogen and oxygen atoms in total. The molecular weight excluding hydrogens is 729 g/mol. The molecule has 0 bridgehead atoms. The smallest absolute Gasteiger partial charge is 0.253 e. The zero-order chi connectivity index (χ0) is 35.5. The fraction of sp³-hybridized carbons (Fsp3) is 0.647. The van der Waals surface area contributed by atoms with Crippen molar-refractivity contribution in [3.63, 3.8) is 0 Å². The molecule has 50 heavy (non-hydrogen) atoms. The fourth-order valence-electron chi connectivity index (χ4n) is 7.07. The third-order valence-electron chi connectivity index (χ3n) is 10.0. The van der Waals surface area contributed by atoms with E-state index in [0.29, 0.717) is 48.6 Å². The first-order chi connectivity index (χ1) is 24.1. The summed E-state index contributed by atoms with van der Waals surface area (Å²) >= 11 is 3.37. The molecule has 1 saturated carbocycles. The molecule has 276 valence electrons. The number of carbonyl (C=O) groups is 2. The van der Waals surface area contributed by atoms with Gasteiger partial charge in [-0.15, -0.1) is 0 Å². The Morgan fingerprint density at radius 1 is 0.980 bits per heavy atom. The molecule has 0 spiro atoms. The molecule has 3 heterocycles. The number of nitrogens with zero attached hydrogens (tertiary/aromatic N) is 5. The maximum Gasteiger partial charge on any atom is 0.253 e. The van der Waals surface area contributed by atoms with Crippen LogP contribution in [0.3, 0.4) is 0 Å². The topological polar surface area (TPSA) is 166 Å². The van der Waals surface area contributed by atoms with Crippen molar-refractivity contribution in [2.75, 3.05) is 75.3 Å². The van der Waals surface area contributed by atoms with Crippen molar-refractivity contribution in [1.29, 1.82) is 0 Å². The number of primary amides is 1. The zero-order valence-electron chi connectivity index (χ0n) is 28.7. The molecule has 2 saturated heterocycles. The van der Waals surface area contributed by atoms with Crippen LogP contribution in [0.15, 0.2) is 28.9 Å². The Bertz CT molecular complexity index is 1550. The van der Waals surface area contributed by atoms with Gasteiger partial charge in [0, 0.05) is 64.5 Å². The maximum atomic E-state index is 14.2. The number of sulfonamides is 1. The number of benzene rings is 1. The van der Waals surface area contributed by atoms with E-state index in [0.717, 1.165) is 51.1 Å². The largest absolute Gasteiger partial charge is 0.365 e. The van der Waals surface area contributed by atoms with Crippen LogP contribution in [-0.4, -0.2) is 115 Å². The Hall–Kier alpha value is -2.92. The van der Waals surface area contributed by atoms with Gasteiger partial charge in [0.1, 0.15) is 11.6 Å². The molecule has 3 fully saturated rings. The summed E-state index contributed by atoms with van der Waals surface area (Å²) in [5.41, 5.74) is 5.25. The standard InChI is InChI=1S/C34H51BrFN9O4S/c35-27-24-39-34(42-33(27)41-29-9-4-8-28(36)31(29)32(37)47)40-26-12-17-45(18-13-26)50(48,49)23-14-38-30(46)10-5-15-43-19-21-44(22-20-43)16-11-25-6-2-1-3-7-25/h4,8-9,24-26H,1-3,5-7,10-23H2,(H2,37,47)(H,38,46)(H2,39,40,41,42). The second-order valence-electron chi connectivity index (χ2n) is 13.6. The second-order valence-corrected chi connectivity index (χ2v) is 16.5. The van der Waals surface area contributed by atoms with Crippen LogP contribution in [0.1, 0.15) is 74.6 Å². The molecule has 3 aliphatic rings. The molecule has 1 aromatic heterocycles. The van der Waals surface area contributed by atoms with E-state index in [4.69, 9.17) is 5.73 Å². The van der Waals surface area contributed by atoms with E-state index in [-0.39, 0.29) is 35.5 Å². The number of hydrogen-bond donors (Lipinski definition) is 4. The molecule has 2 amide bonds. The Balaban J connectivity index is 0.964. The van der Waals surface area contributed by atoms with Gasteiger partial charge >= 0.3 is 0 Å². The van der Waals surface area contributed by atoms with Gasteiger partial charge in [0.05, 0.1) is 21.5 Å². The van der Waals surface area contributed by atoms with Crippen LogP contribution in [0.5, 0.6) is 0 Å². The average molecular weight is 781 g/mol. The van der Waals surface area contributed by atoms with Crippen molar-refractivity contribution < 1.29 is 22.4 Å². The highest BCUT2D eigenvalue weighted by Crippen LogP contribution is 2.29. The first kappa shape index (κ1) is 38.3. The predicted octanol–water partition coefficient (Wildman–Crippen LogP) is 3.91. The molecule has 5 N–H and O–H groups in total. The molecule has 1 aromatic carbocycles. The van der Waals surface area contributed by atoms with E-state index in [1.165, 1.54) is 67.7 Å². The number of rotatable bonds is 16. The monoisotopic (exact) mass is 779 g/mol. The van der Waals surface area contributed by atoms with E-state index >= 15 is 0 Å². The van der Waals surface area contributed by atoms with Gasteiger partial charge in [0.15, 0.2) is 0 Å². The maximum absolute atomic E-state index is 14.2. The van der Waals surface area contributed by atoms with E-state index in [9.17, 15) is 22.4 Å². The number of hydrogen-bond acceptors (Lipinski definition) is 10. The number of piperazine rings is 1. The lowest BCUT2D eigenvalue weighted by atomic mass is 9.87. The summed E-state index contributed by atoms with van der Waals surface area (Å²) in [7, 11) is -3.53. The number of anilines is 3. The lowest BCUT2D eigenvalue weighted by Crippen LogP contribution is -2.47. The van der Waals surface area contributed by atoms with Gasteiger partial charge in [0.25, 0.3) is 5.91 Å². The SMILES string of the molecule is NC(=O)c1c(F)cccc1Nc1nc(NC2CCN(S(=O)(=O)CCNC(=O)CCCN3CCN(CCC4CCCCC4)CC3)CC2)ncc1Br. The van der Waals surface area contributed by atoms with Crippen LogP contribution in [0.2, 0.25) is 0 Å². The first-order valence-electron chi connectivity index (χ1n) is 17.9. The van der Waals surface area contributed by atoms with Crippen molar-refractivity contribution in [2.24, 2.45) is 11.7 Å². The number of nitrogens with two attached hydrogens (primary N) is 1. The third-order valence-corrected chi connectivity index (χ3v) is 12.5. The highest BCUT2D eigenvalue weighted by molar-refractivity contribution is 9.10. The molecule has 0 unspecified atom stereocenters. The molecule has 0 atom stereocenters. The minimum Gasteiger partial charge on any atom is -0.365 e. The second kappa shape index (κ2) is 18.5.